The first-order chi connectivity index (χ1) is 9.52. The largest absolute Gasteiger partial charge is 0.476 e. The Morgan fingerprint density at radius 2 is 1.95 bits per heavy atom. The number of carbonyl (C=O) groups is 2. The van der Waals surface area contributed by atoms with Crippen LogP contribution in [0.25, 0.3) is 0 Å². The molecule has 0 radical (unpaired) electrons. The van der Waals surface area contributed by atoms with Crippen molar-refractivity contribution in [2.45, 2.75) is 13.5 Å². The molecule has 104 valence electrons. The molecule has 0 saturated heterocycles. The zero-order chi connectivity index (χ0) is 14.7. The fourth-order valence-electron chi connectivity index (χ4n) is 1.86. The van der Waals surface area contributed by atoms with E-state index < -0.39 is 11.9 Å². The minimum atomic E-state index is -1.21. The average Bonchev–Trinajstić information content (AvgIpc) is 2.84. The number of carboxylic acids is 1. The van der Waals surface area contributed by atoms with Crippen molar-refractivity contribution in [1.82, 2.24) is 9.55 Å². The predicted molar refractivity (Wildman–Crippen MR) is 70.8 cm³/mol. The van der Waals surface area contributed by atoms with Crippen LogP contribution in [-0.4, -0.2) is 33.7 Å². The summed E-state index contributed by atoms with van der Waals surface area (Å²) in [6.07, 6.45) is 1.33. The second-order valence-electron chi connectivity index (χ2n) is 4.35. The number of aryl methyl sites for hydroxylation is 1. The number of aromatic nitrogens is 2. The summed E-state index contributed by atoms with van der Waals surface area (Å²) < 4.78 is 5.94. The Hall–Kier alpha value is -2.63. The van der Waals surface area contributed by atoms with Crippen LogP contribution in [0.2, 0.25) is 0 Å². The van der Waals surface area contributed by atoms with E-state index in [2.05, 4.69) is 9.72 Å². The molecule has 0 aliphatic rings. The van der Waals surface area contributed by atoms with E-state index in [0.717, 1.165) is 11.1 Å². The zero-order valence-corrected chi connectivity index (χ0v) is 11.2. The normalized spacial score (nSPS) is 10.3. The molecule has 0 atom stereocenters. The molecule has 6 heteroatoms. The molecule has 0 bridgehead atoms. The first kappa shape index (κ1) is 13.8. The Morgan fingerprint density at radius 1 is 1.30 bits per heavy atom. The van der Waals surface area contributed by atoms with Gasteiger partial charge >= 0.3 is 11.9 Å². The van der Waals surface area contributed by atoms with Gasteiger partial charge in [0.1, 0.15) is 0 Å². The van der Waals surface area contributed by atoms with E-state index in [9.17, 15) is 14.7 Å². The summed E-state index contributed by atoms with van der Waals surface area (Å²) in [6, 6.07) is 7.68. The van der Waals surface area contributed by atoms with Crippen LogP contribution in [0.4, 0.5) is 0 Å². The van der Waals surface area contributed by atoms with Crippen LogP contribution in [0, 0.1) is 6.92 Å². The van der Waals surface area contributed by atoms with Gasteiger partial charge in [-0.05, 0) is 12.5 Å². The molecule has 2 rings (SSSR count). The van der Waals surface area contributed by atoms with Crippen molar-refractivity contribution < 1.29 is 19.4 Å². The lowest BCUT2D eigenvalue weighted by Gasteiger charge is -2.06. The molecular weight excluding hydrogens is 260 g/mol. The second kappa shape index (κ2) is 5.56. The van der Waals surface area contributed by atoms with Gasteiger partial charge < -0.3 is 14.4 Å². The molecule has 0 fully saturated rings. The highest BCUT2D eigenvalue weighted by Gasteiger charge is 2.23. The Balaban J connectivity index is 2.37. The summed E-state index contributed by atoms with van der Waals surface area (Å²) in [6.45, 7) is 2.30. The minimum absolute atomic E-state index is 0.169. The molecule has 0 amide bonds. The van der Waals surface area contributed by atoms with Gasteiger partial charge in [-0.2, -0.15) is 0 Å². The minimum Gasteiger partial charge on any atom is -0.476 e. The second-order valence-corrected chi connectivity index (χ2v) is 4.35. The molecule has 1 aromatic heterocycles. The fraction of sp³-hybridized carbons (Fsp3) is 0.214. The van der Waals surface area contributed by atoms with Crippen LogP contribution in [0.5, 0.6) is 0 Å². The van der Waals surface area contributed by atoms with E-state index >= 15 is 0 Å². The van der Waals surface area contributed by atoms with Crippen molar-refractivity contribution in [1.29, 1.82) is 0 Å². The maximum atomic E-state index is 11.5. The number of imidazole rings is 1. The standard InChI is InChI=1S/C14H14N2O4/c1-9-3-5-10(6-4-9)7-16-8-15-11(14(19)20-2)12(16)13(17)18/h3-6,8H,7H2,1-2H3,(H,17,18). The first-order valence-electron chi connectivity index (χ1n) is 5.95. The van der Waals surface area contributed by atoms with E-state index in [1.54, 1.807) is 0 Å². The number of rotatable bonds is 4. The molecule has 0 spiro atoms. The molecule has 0 aliphatic carbocycles. The summed E-state index contributed by atoms with van der Waals surface area (Å²) in [7, 11) is 1.19. The summed E-state index contributed by atoms with van der Waals surface area (Å²) in [5.41, 5.74) is 1.68. The van der Waals surface area contributed by atoms with Gasteiger partial charge in [-0.3, -0.25) is 0 Å². The van der Waals surface area contributed by atoms with Crippen molar-refractivity contribution in [3.05, 3.63) is 53.1 Å². The third-order valence-electron chi connectivity index (χ3n) is 2.89. The maximum Gasteiger partial charge on any atom is 0.359 e. The monoisotopic (exact) mass is 274 g/mol. The maximum absolute atomic E-state index is 11.5. The average molecular weight is 274 g/mol. The molecule has 1 heterocycles. The first-order valence-corrected chi connectivity index (χ1v) is 5.95. The molecule has 20 heavy (non-hydrogen) atoms. The lowest BCUT2D eigenvalue weighted by atomic mass is 10.1. The third kappa shape index (κ3) is 2.69. The number of ether oxygens (including phenoxy) is 1. The van der Waals surface area contributed by atoms with Gasteiger partial charge in [0, 0.05) is 6.54 Å². The van der Waals surface area contributed by atoms with E-state index in [0.29, 0.717) is 6.54 Å². The summed E-state index contributed by atoms with van der Waals surface area (Å²) in [4.78, 5) is 26.6. The highest BCUT2D eigenvalue weighted by molar-refractivity contribution is 5.99. The lowest BCUT2D eigenvalue weighted by molar-refractivity contribution is 0.0574. The van der Waals surface area contributed by atoms with Gasteiger partial charge in [0.25, 0.3) is 0 Å². The summed E-state index contributed by atoms with van der Waals surface area (Å²) in [5.74, 6) is -1.97. The molecular formula is C14H14N2O4. The number of hydrogen-bond donors (Lipinski definition) is 1. The van der Waals surface area contributed by atoms with Gasteiger partial charge in [0.05, 0.1) is 13.4 Å². The van der Waals surface area contributed by atoms with E-state index in [1.807, 2.05) is 31.2 Å². The van der Waals surface area contributed by atoms with Gasteiger partial charge in [0.15, 0.2) is 11.4 Å². The zero-order valence-electron chi connectivity index (χ0n) is 11.2. The topological polar surface area (TPSA) is 81.4 Å². The Labute approximate surface area is 115 Å². The lowest BCUT2D eigenvalue weighted by Crippen LogP contribution is -2.14. The van der Waals surface area contributed by atoms with Crippen LogP contribution in [0.15, 0.2) is 30.6 Å². The van der Waals surface area contributed by atoms with Gasteiger partial charge in [0.2, 0.25) is 0 Å². The Morgan fingerprint density at radius 3 is 2.50 bits per heavy atom. The molecule has 1 aromatic carbocycles. The summed E-state index contributed by atoms with van der Waals surface area (Å²) >= 11 is 0. The number of nitrogens with zero attached hydrogens (tertiary/aromatic N) is 2. The smallest absolute Gasteiger partial charge is 0.359 e. The molecule has 0 saturated carbocycles. The van der Waals surface area contributed by atoms with Crippen molar-refractivity contribution in [3.8, 4) is 0 Å². The van der Waals surface area contributed by atoms with E-state index in [4.69, 9.17) is 0 Å². The van der Waals surface area contributed by atoms with Crippen LogP contribution >= 0.6 is 0 Å². The Bertz CT molecular complexity index is 644. The quantitative estimate of drug-likeness (QED) is 0.858. The molecule has 2 aromatic rings. The number of benzene rings is 1. The van der Waals surface area contributed by atoms with Crippen LogP contribution in [-0.2, 0) is 11.3 Å². The van der Waals surface area contributed by atoms with Crippen molar-refractivity contribution in [3.63, 3.8) is 0 Å². The number of methoxy groups -OCH3 is 1. The van der Waals surface area contributed by atoms with Gasteiger partial charge in [-0.25, -0.2) is 14.6 Å². The van der Waals surface area contributed by atoms with E-state index in [1.165, 1.54) is 18.0 Å². The number of hydrogen-bond acceptors (Lipinski definition) is 4. The van der Waals surface area contributed by atoms with Crippen molar-refractivity contribution in [2.24, 2.45) is 0 Å². The van der Waals surface area contributed by atoms with Crippen LogP contribution in [0.1, 0.15) is 32.1 Å². The molecule has 6 nitrogen and oxygen atoms in total. The van der Waals surface area contributed by atoms with Crippen molar-refractivity contribution >= 4 is 11.9 Å². The van der Waals surface area contributed by atoms with Crippen molar-refractivity contribution in [2.75, 3.05) is 7.11 Å². The SMILES string of the molecule is COC(=O)c1ncn(Cc2ccc(C)cc2)c1C(=O)O. The highest BCUT2D eigenvalue weighted by Crippen LogP contribution is 2.13. The molecule has 1 N–H and O–H groups in total. The van der Waals surface area contributed by atoms with Crippen LogP contribution < -0.4 is 0 Å². The molecule has 0 unspecified atom stereocenters. The number of carboxylic acid groups (broad SMARTS) is 1. The number of carbonyl (C=O) groups excluding carboxylic acids is 1. The summed E-state index contributed by atoms with van der Waals surface area (Å²) in [5, 5.41) is 9.23. The number of esters is 1. The highest BCUT2D eigenvalue weighted by atomic mass is 16.5. The Kier molecular flexibility index (Phi) is 3.84. The fourth-order valence-corrected chi connectivity index (χ4v) is 1.86. The van der Waals surface area contributed by atoms with E-state index in [-0.39, 0.29) is 11.4 Å². The predicted octanol–water partition coefficient (Wildman–Crippen LogP) is 1.72. The van der Waals surface area contributed by atoms with Gasteiger partial charge in [-0.1, -0.05) is 29.8 Å². The molecule has 0 aliphatic heterocycles. The van der Waals surface area contributed by atoms with Gasteiger partial charge in [-0.15, -0.1) is 0 Å². The van der Waals surface area contributed by atoms with Crippen LogP contribution in [0.3, 0.4) is 0 Å². The number of aromatic carboxylic acids is 1. The third-order valence-corrected chi connectivity index (χ3v) is 2.89.